The molecule has 0 saturated carbocycles. The van der Waals surface area contributed by atoms with Crippen LogP contribution in [0.3, 0.4) is 0 Å². The molecule has 1 aromatic rings. The number of anilines is 1. The van der Waals surface area contributed by atoms with E-state index in [4.69, 9.17) is 9.47 Å². The summed E-state index contributed by atoms with van der Waals surface area (Å²) in [5.74, 6) is 2.23. The second-order valence-electron chi connectivity index (χ2n) is 6.65. The molecule has 1 unspecified atom stereocenters. The molecule has 0 aliphatic carbocycles. The number of rotatable bonds is 3. The van der Waals surface area contributed by atoms with Gasteiger partial charge in [0.2, 0.25) is 11.9 Å². The lowest BCUT2D eigenvalue weighted by Gasteiger charge is -2.32. The quantitative estimate of drug-likeness (QED) is 0.726. The molecule has 0 bridgehead atoms. The number of urea groups is 1. The molecule has 1 aromatic carbocycles. The van der Waals surface area contributed by atoms with Gasteiger partial charge in [-0.25, -0.2) is 14.3 Å². The summed E-state index contributed by atoms with van der Waals surface area (Å²) >= 11 is 0. The van der Waals surface area contributed by atoms with Gasteiger partial charge in [0.15, 0.2) is 5.75 Å². The molecule has 27 heavy (non-hydrogen) atoms. The Bertz CT molecular complexity index is 894. The molecular formula is C18H22N5O4+. The van der Waals surface area contributed by atoms with Crippen LogP contribution in [0.2, 0.25) is 0 Å². The zero-order valence-corrected chi connectivity index (χ0v) is 15.8. The summed E-state index contributed by atoms with van der Waals surface area (Å²) in [6, 6.07) is 4.66. The van der Waals surface area contributed by atoms with E-state index in [0.717, 1.165) is 23.6 Å². The lowest BCUT2D eigenvalue weighted by Crippen LogP contribution is -2.62. The van der Waals surface area contributed by atoms with Crippen molar-refractivity contribution >= 4 is 29.4 Å². The van der Waals surface area contributed by atoms with Crippen LogP contribution >= 0.6 is 0 Å². The van der Waals surface area contributed by atoms with Gasteiger partial charge >= 0.3 is 12.0 Å². The smallest absolute Gasteiger partial charge is 0.397 e. The number of hydrogen-bond donors (Lipinski definition) is 0. The zero-order chi connectivity index (χ0) is 19.3. The van der Waals surface area contributed by atoms with Crippen molar-refractivity contribution in [1.82, 2.24) is 9.80 Å². The molecule has 3 aliphatic rings. The molecule has 3 heterocycles. The number of imide groups is 1. The first kappa shape index (κ1) is 17.3. The maximum Gasteiger partial charge on any atom is 0.397 e. The fourth-order valence-corrected chi connectivity index (χ4v) is 3.77. The second-order valence-corrected chi connectivity index (χ2v) is 6.65. The highest BCUT2D eigenvalue weighted by Crippen LogP contribution is 2.35. The van der Waals surface area contributed by atoms with Crippen LogP contribution < -0.4 is 14.4 Å². The first-order valence-electron chi connectivity index (χ1n) is 8.75. The van der Waals surface area contributed by atoms with Gasteiger partial charge in [0, 0.05) is 26.6 Å². The van der Waals surface area contributed by atoms with E-state index in [0.29, 0.717) is 29.8 Å². The molecule has 142 valence electrons. The van der Waals surface area contributed by atoms with E-state index < -0.39 is 6.04 Å². The van der Waals surface area contributed by atoms with Crippen molar-refractivity contribution in [2.45, 2.75) is 12.5 Å². The summed E-state index contributed by atoms with van der Waals surface area (Å²) < 4.78 is 12.8. The molecule has 9 heteroatoms. The lowest BCUT2D eigenvalue weighted by atomic mass is 10.1. The number of likely N-dealkylation sites (N-methyl/N-ethyl adjacent to an activating group) is 2. The van der Waals surface area contributed by atoms with Gasteiger partial charge in [0.25, 0.3) is 5.91 Å². The summed E-state index contributed by atoms with van der Waals surface area (Å²) in [5.41, 5.74) is 0.843. The van der Waals surface area contributed by atoms with Crippen molar-refractivity contribution in [2.75, 3.05) is 46.3 Å². The number of guanidine groups is 1. The van der Waals surface area contributed by atoms with Gasteiger partial charge in [-0.15, -0.1) is 0 Å². The fraction of sp³-hybridized carbons (Fsp3) is 0.444. The van der Waals surface area contributed by atoms with Crippen LogP contribution in [-0.2, 0) is 4.79 Å². The minimum atomic E-state index is -0.570. The number of carbonyl (C=O) groups is 2. The van der Waals surface area contributed by atoms with Crippen LogP contribution in [0, 0.1) is 0 Å². The molecule has 0 spiro atoms. The van der Waals surface area contributed by atoms with E-state index in [9.17, 15) is 9.59 Å². The average molecular weight is 372 g/mol. The van der Waals surface area contributed by atoms with E-state index in [2.05, 4.69) is 4.99 Å². The van der Waals surface area contributed by atoms with Gasteiger partial charge in [0.1, 0.15) is 11.4 Å². The predicted molar refractivity (Wildman–Crippen MR) is 98.8 cm³/mol. The van der Waals surface area contributed by atoms with Crippen LogP contribution in [0.15, 0.2) is 23.2 Å². The molecule has 3 amide bonds. The van der Waals surface area contributed by atoms with Crippen LogP contribution in [0.25, 0.3) is 0 Å². The van der Waals surface area contributed by atoms with Crippen LogP contribution in [-0.4, -0.2) is 85.6 Å². The molecule has 3 aliphatic heterocycles. The molecule has 1 fully saturated rings. The number of ether oxygens (including phenoxy) is 2. The van der Waals surface area contributed by atoms with Crippen molar-refractivity contribution in [2.24, 2.45) is 4.99 Å². The Morgan fingerprint density at radius 2 is 1.93 bits per heavy atom. The Hall–Kier alpha value is -3.10. The topological polar surface area (TPSA) is 77.7 Å². The third-order valence-electron chi connectivity index (χ3n) is 5.21. The highest BCUT2D eigenvalue weighted by Gasteiger charge is 2.53. The summed E-state index contributed by atoms with van der Waals surface area (Å²) in [6.07, 6.45) is 0.854. The van der Waals surface area contributed by atoms with Crippen molar-refractivity contribution < 1.29 is 23.6 Å². The molecular weight excluding hydrogens is 350 g/mol. The largest absolute Gasteiger partial charge is 0.497 e. The van der Waals surface area contributed by atoms with E-state index >= 15 is 0 Å². The van der Waals surface area contributed by atoms with Gasteiger partial charge < -0.3 is 9.47 Å². The molecule has 4 rings (SSSR count). The number of nitrogens with zero attached hydrogens (tertiary/aromatic N) is 5. The van der Waals surface area contributed by atoms with Crippen molar-refractivity contribution in [1.29, 1.82) is 0 Å². The number of aliphatic imine (C=N–C) groups is 1. The van der Waals surface area contributed by atoms with Crippen LogP contribution in [0.1, 0.15) is 6.42 Å². The normalized spacial score (nSPS) is 22.0. The average Bonchev–Trinajstić information content (AvgIpc) is 3.10. The zero-order valence-electron chi connectivity index (χ0n) is 15.8. The van der Waals surface area contributed by atoms with Gasteiger partial charge in [0.05, 0.1) is 27.3 Å². The van der Waals surface area contributed by atoms with Gasteiger partial charge in [-0.3, -0.25) is 14.6 Å². The first-order valence-corrected chi connectivity index (χ1v) is 8.75. The molecule has 0 radical (unpaired) electrons. The Morgan fingerprint density at radius 1 is 1.15 bits per heavy atom. The number of fused-ring (bicyclic) bond motifs is 2. The third kappa shape index (κ3) is 2.45. The standard InChI is InChI=1S/C18H22N5O4/c1-20-15-14(16(24)21(2)18(20)25)23-9-5-8-22(17(23)19-15)12-7-6-11(26-3)10-13(12)27-4/h6-7,10,14H,5,8-9H2,1-4H3/q+1. The Balaban J connectivity index is 1.80. The molecule has 0 N–H and O–H groups in total. The Labute approximate surface area is 157 Å². The summed E-state index contributed by atoms with van der Waals surface area (Å²) in [5, 5.41) is 0. The maximum absolute atomic E-state index is 12.8. The number of amides is 3. The summed E-state index contributed by atoms with van der Waals surface area (Å²) in [6.45, 7) is 1.43. The molecule has 1 saturated heterocycles. The Morgan fingerprint density at radius 3 is 2.63 bits per heavy atom. The minimum absolute atomic E-state index is 0.254. The van der Waals surface area contributed by atoms with E-state index in [1.807, 2.05) is 27.7 Å². The monoisotopic (exact) mass is 372 g/mol. The van der Waals surface area contributed by atoms with Crippen LogP contribution in [0.5, 0.6) is 11.5 Å². The van der Waals surface area contributed by atoms with E-state index in [1.165, 1.54) is 11.9 Å². The van der Waals surface area contributed by atoms with Gasteiger partial charge in [-0.2, -0.15) is 0 Å². The SMILES string of the molecule is COc1ccc(N2CCC[N+]3=C2N=C2C3C(=O)N(C)C(=O)N2C)c(OC)c1. The van der Waals surface area contributed by atoms with Gasteiger partial charge in [-0.05, 0) is 12.1 Å². The first-order chi connectivity index (χ1) is 13.0. The summed E-state index contributed by atoms with van der Waals surface area (Å²) in [7, 11) is 6.36. The molecule has 1 atom stereocenters. The molecule has 0 aromatic heterocycles. The highest BCUT2D eigenvalue weighted by atomic mass is 16.5. The van der Waals surface area contributed by atoms with Crippen molar-refractivity contribution in [3.63, 3.8) is 0 Å². The number of benzene rings is 1. The van der Waals surface area contributed by atoms with Crippen molar-refractivity contribution in [3.05, 3.63) is 18.2 Å². The number of carbonyl (C=O) groups excluding carboxylic acids is 2. The van der Waals surface area contributed by atoms with E-state index in [-0.39, 0.29) is 11.9 Å². The number of hydrogen-bond acceptors (Lipinski definition) is 6. The van der Waals surface area contributed by atoms with E-state index in [1.54, 1.807) is 21.3 Å². The fourth-order valence-electron chi connectivity index (χ4n) is 3.77. The lowest BCUT2D eigenvalue weighted by molar-refractivity contribution is -0.539. The highest BCUT2D eigenvalue weighted by molar-refractivity contribution is 6.24. The maximum atomic E-state index is 12.8. The molecule has 9 nitrogen and oxygen atoms in total. The number of amidine groups is 1. The number of methoxy groups -OCH3 is 2. The van der Waals surface area contributed by atoms with Crippen molar-refractivity contribution in [3.8, 4) is 11.5 Å². The predicted octanol–water partition coefficient (Wildman–Crippen LogP) is 0.587. The summed E-state index contributed by atoms with van der Waals surface area (Å²) in [4.78, 5) is 34.3. The minimum Gasteiger partial charge on any atom is -0.497 e. The van der Waals surface area contributed by atoms with Crippen LogP contribution in [0.4, 0.5) is 10.5 Å². The third-order valence-corrected chi connectivity index (χ3v) is 5.21. The second kappa shape index (κ2) is 6.26. The Kier molecular flexibility index (Phi) is 4.01. The van der Waals surface area contributed by atoms with Gasteiger partial charge in [-0.1, -0.05) is 4.99 Å².